The molecule has 12 heavy (non-hydrogen) atoms. The second kappa shape index (κ2) is 5.43. The van der Waals surface area contributed by atoms with Crippen molar-refractivity contribution in [2.24, 2.45) is 5.73 Å². The van der Waals surface area contributed by atoms with E-state index >= 15 is 0 Å². The SMILES string of the molecule is CCC(CC)(SCCN)C(=O)O. The number of carboxylic acid groups (broad SMARTS) is 1. The highest BCUT2D eigenvalue weighted by atomic mass is 32.2. The molecule has 0 aliphatic heterocycles. The van der Waals surface area contributed by atoms with Crippen LogP contribution in [0.3, 0.4) is 0 Å². The molecular formula is C8H17NO2S. The smallest absolute Gasteiger partial charge is 0.319 e. The summed E-state index contributed by atoms with van der Waals surface area (Å²) in [6.45, 7) is 4.35. The van der Waals surface area contributed by atoms with Crippen molar-refractivity contribution in [2.45, 2.75) is 31.4 Å². The van der Waals surface area contributed by atoms with E-state index in [-0.39, 0.29) is 0 Å². The van der Waals surface area contributed by atoms with Crippen LogP contribution < -0.4 is 5.73 Å². The Hall–Kier alpha value is -0.220. The Labute approximate surface area is 77.7 Å². The lowest BCUT2D eigenvalue weighted by Gasteiger charge is -2.25. The van der Waals surface area contributed by atoms with E-state index in [4.69, 9.17) is 10.8 Å². The molecule has 0 bridgehead atoms. The second-order valence-corrected chi connectivity index (χ2v) is 4.12. The molecule has 0 saturated carbocycles. The number of aliphatic carboxylic acids is 1. The van der Waals surface area contributed by atoms with Gasteiger partial charge in [0.05, 0.1) is 0 Å². The number of hydrogen-bond donors (Lipinski definition) is 2. The summed E-state index contributed by atoms with van der Waals surface area (Å²) in [5.41, 5.74) is 5.33. The summed E-state index contributed by atoms with van der Waals surface area (Å²) >= 11 is 1.45. The van der Waals surface area contributed by atoms with E-state index in [2.05, 4.69) is 0 Å². The predicted molar refractivity (Wildman–Crippen MR) is 52.5 cm³/mol. The highest BCUT2D eigenvalue weighted by molar-refractivity contribution is 8.01. The first-order valence-electron chi connectivity index (χ1n) is 4.20. The van der Waals surface area contributed by atoms with Crippen molar-refractivity contribution >= 4 is 17.7 Å². The van der Waals surface area contributed by atoms with E-state index in [1.165, 1.54) is 11.8 Å². The van der Waals surface area contributed by atoms with Crippen LogP contribution in [-0.2, 0) is 4.79 Å². The molecule has 3 N–H and O–H groups in total. The number of carboxylic acids is 1. The van der Waals surface area contributed by atoms with Crippen molar-refractivity contribution < 1.29 is 9.90 Å². The Kier molecular flexibility index (Phi) is 5.33. The summed E-state index contributed by atoms with van der Waals surface area (Å²) in [6, 6.07) is 0. The lowest BCUT2D eigenvalue weighted by atomic mass is 10.0. The molecule has 0 unspecified atom stereocenters. The molecule has 0 rings (SSSR count). The van der Waals surface area contributed by atoms with E-state index in [0.29, 0.717) is 25.1 Å². The molecule has 0 aromatic heterocycles. The fourth-order valence-electron chi connectivity index (χ4n) is 1.07. The maximum Gasteiger partial charge on any atom is 0.319 e. The van der Waals surface area contributed by atoms with Crippen LogP contribution in [0.4, 0.5) is 0 Å². The van der Waals surface area contributed by atoms with Crippen LogP contribution in [0.15, 0.2) is 0 Å². The normalized spacial score (nSPS) is 11.6. The number of thioether (sulfide) groups is 1. The second-order valence-electron chi connectivity index (χ2n) is 2.64. The van der Waals surface area contributed by atoms with E-state index in [9.17, 15) is 4.79 Å². The quantitative estimate of drug-likeness (QED) is 0.664. The zero-order valence-electron chi connectivity index (χ0n) is 7.67. The van der Waals surface area contributed by atoms with Crippen molar-refractivity contribution in [3.05, 3.63) is 0 Å². The molecule has 0 heterocycles. The highest BCUT2D eigenvalue weighted by Crippen LogP contribution is 2.32. The molecule has 0 aromatic carbocycles. The van der Waals surface area contributed by atoms with Crippen molar-refractivity contribution in [3.63, 3.8) is 0 Å². The van der Waals surface area contributed by atoms with Crippen LogP contribution in [0.5, 0.6) is 0 Å². The standard InChI is InChI=1S/C8H17NO2S/c1-3-8(4-2,7(10)11)12-6-5-9/h3-6,9H2,1-2H3,(H,10,11). The van der Waals surface area contributed by atoms with Gasteiger partial charge in [-0.15, -0.1) is 11.8 Å². The first-order valence-corrected chi connectivity index (χ1v) is 5.19. The zero-order chi connectivity index (χ0) is 9.61. The summed E-state index contributed by atoms with van der Waals surface area (Å²) < 4.78 is -0.612. The molecular weight excluding hydrogens is 174 g/mol. The zero-order valence-corrected chi connectivity index (χ0v) is 8.49. The molecule has 0 atom stereocenters. The van der Waals surface area contributed by atoms with Crippen molar-refractivity contribution in [3.8, 4) is 0 Å². The maximum absolute atomic E-state index is 10.9. The first-order chi connectivity index (χ1) is 5.63. The van der Waals surface area contributed by atoms with Crippen molar-refractivity contribution in [1.82, 2.24) is 0 Å². The Balaban J connectivity index is 4.25. The first kappa shape index (κ1) is 11.8. The summed E-state index contributed by atoms with van der Waals surface area (Å²) in [5.74, 6) is -0.000463. The van der Waals surface area contributed by atoms with Gasteiger partial charge < -0.3 is 10.8 Å². The summed E-state index contributed by atoms with van der Waals surface area (Å²) in [6.07, 6.45) is 1.31. The van der Waals surface area contributed by atoms with Gasteiger partial charge in [0.1, 0.15) is 4.75 Å². The van der Waals surface area contributed by atoms with Crippen molar-refractivity contribution in [2.75, 3.05) is 12.3 Å². The van der Waals surface area contributed by atoms with Crippen LogP contribution in [-0.4, -0.2) is 28.1 Å². The van der Waals surface area contributed by atoms with E-state index in [1.807, 2.05) is 13.8 Å². The Morgan fingerprint density at radius 2 is 2.00 bits per heavy atom. The van der Waals surface area contributed by atoms with Crippen LogP contribution >= 0.6 is 11.8 Å². The largest absolute Gasteiger partial charge is 0.480 e. The fourth-order valence-corrected chi connectivity index (χ4v) is 2.11. The van der Waals surface area contributed by atoms with Crippen LogP contribution in [0.25, 0.3) is 0 Å². The van der Waals surface area contributed by atoms with Gasteiger partial charge in [0.25, 0.3) is 0 Å². The molecule has 72 valence electrons. The Bertz CT molecular complexity index is 146. The monoisotopic (exact) mass is 191 g/mol. The van der Waals surface area contributed by atoms with Gasteiger partial charge in [0.15, 0.2) is 0 Å². The lowest BCUT2D eigenvalue weighted by molar-refractivity contribution is -0.140. The van der Waals surface area contributed by atoms with Gasteiger partial charge in [-0.2, -0.15) is 0 Å². The minimum Gasteiger partial charge on any atom is -0.480 e. The minimum atomic E-state index is -0.717. The van der Waals surface area contributed by atoms with E-state index in [1.54, 1.807) is 0 Å². The number of nitrogens with two attached hydrogens (primary N) is 1. The predicted octanol–water partition coefficient (Wildman–Crippen LogP) is 1.32. The Morgan fingerprint density at radius 1 is 1.50 bits per heavy atom. The molecule has 0 aromatic rings. The molecule has 4 heteroatoms. The van der Waals surface area contributed by atoms with Gasteiger partial charge in [0, 0.05) is 12.3 Å². The molecule has 0 saturated heterocycles. The average molecular weight is 191 g/mol. The third-order valence-electron chi connectivity index (χ3n) is 2.03. The van der Waals surface area contributed by atoms with Crippen molar-refractivity contribution in [1.29, 1.82) is 0 Å². The van der Waals surface area contributed by atoms with E-state index in [0.717, 1.165) is 0 Å². The van der Waals surface area contributed by atoms with E-state index < -0.39 is 10.7 Å². The van der Waals surface area contributed by atoms with Gasteiger partial charge in [-0.3, -0.25) is 4.79 Å². The number of hydrogen-bond acceptors (Lipinski definition) is 3. The van der Waals surface area contributed by atoms with Crippen LogP contribution in [0, 0.1) is 0 Å². The molecule has 0 radical (unpaired) electrons. The van der Waals surface area contributed by atoms with Gasteiger partial charge in [0.2, 0.25) is 0 Å². The fraction of sp³-hybridized carbons (Fsp3) is 0.875. The van der Waals surface area contributed by atoms with Gasteiger partial charge in [-0.1, -0.05) is 13.8 Å². The summed E-state index contributed by atoms with van der Waals surface area (Å²) in [5, 5.41) is 8.99. The number of rotatable bonds is 6. The van der Waals surface area contributed by atoms with Gasteiger partial charge in [-0.25, -0.2) is 0 Å². The molecule has 0 aliphatic rings. The molecule has 3 nitrogen and oxygen atoms in total. The van der Waals surface area contributed by atoms with Crippen LogP contribution in [0.2, 0.25) is 0 Å². The molecule has 0 spiro atoms. The lowest BCUT2D eigenvalue weighted by Crippen LogP contribution is -2.34. The summed E-state index contributed by atoms with van der Waals surface area (Å²) in [4.78, 5) is 10.9. The highest BCUT2D eigenvalue weighted by Gasteiger charge is 2.34. The third-order valence-corrected chi connectivity index (χ3v) is 3.77. The van der Waals surface area contributed by atoms with Gasteiger partial charge >= 0.3 is 5.97 Å². The Morgan fingerprint density at radius 3 is 2.25 bits per heavy atom. The van der Waals surface area contributed by atoms with Crippen LogP contribution in [0.1, 0.15) is 26.7 Å². The maximum atomic E-state index is 10.9. The molecule has 0 aliphatic carbocycles. The number of carbonyl (C=O) groups is 1. The summed E-state index contributed by atoms with van der Waals surface area (Å²) in [7, 11) is 0. The minimum absolute atomic E-state index is 0.541. The topological polar surface area (TPSA) is 63.3 Å². The molecule has 0 amide bonds. The third kappa shape index (κ3) is 2.68. The average Bonchev–Trinajstić information content (AvgIpc) is 2.07. The van der Waals surface area contributed by atoms with Gasteiger partial charge in [-0.05, 0) is 12.8 Å². The molecule has 0 fully saturated rings.